The van der Waals surface area contributed by atoms with Crippen LogP contribution >= 0.6 is 12.4 Å². The minimum absolute atomic E-state index is 0. The van der Waals surface area contributed by atoms with E-state index < -0.39 is 5.97 Å². The summed E-state index contributed by atoms with van der Waals surface area (Å²) >= 11 is 0. The highest BCUT2D eigenvalue weighted by Crippen LogP contribution is 2.42. The molecule has 3 aliphatic rings. The fourth-order valence-electron chi connectivity index (χ4n) is 9.68. The highest BCUT2D eigenvalue weighted by molar-refractivity contribution is 5.97. The number of hydrogen-bond donors (Lipinski definition) is 4. The second-order valence-corrected chi connectivity index (χ2v) is 18.7. The molecule has 0 unspecified atom stereocenters. The number of likely N-dealkylation sites (tertiary alicyclic amines) is 1. The molecule has 14 heteroatoms. The van der Waals surface area contributed by atoms with E-state index in [0.29, 0.717) is 48.5 Å². The van der Waals surface area contributed by atoms with E-state index in [0.717, 1.165) is 107 Å². The number of aryl methyl sites for hydroxylation is 3. The fraction of sp³-hybridized carbons (Fsp3) is 0.404. The van der Waals surface area contributed by atoms with Crippen LogP contribution in [0.2, 0.25) is 0 Å². The van der Waals surface area contributed by atoms with Gasteiger partial charge in [-0.05, 0) is 160 Å². The van der Waals surface area contributed by atoms with Crippen LogP contribution in [-0.2, 0) is 22.3 Å². The number of carbonyl (C=O) groups is 2. The Morgan fingerprint density at radius 1 is 0.662 bits per heavy atom. The van der Waals surface area contributed by atoms with Crippen molar-refractivity contribution in [2.45, 2.75) is 96.3 Å². The Morgan fingerprint density at radius 3 is 1.63 bits per heavy atom. The van der Waals surface area contributed by atoms with E-state index in [-0.39, 0.29) is 18.3 Å². The summed E-state index contributed by atoms with van der Waals surface area (Å²) in [7, 11) is 3.34. The Hall–Kier alpha value is -6.61. The Kier molecular flexibility index (Phi) is 19.7. The van der Waals surface area contributed by atoms with Gasteiger partial charge in [0, 0.05) is 56.8 Å². The number of carboxylic acid groups (broad SMARTS) is 1. The molecule has 1 amide bonds. The van der Waals surface area contributed by atoms with Gasteiger partial charge in [-0.25, -0.2) is 14.8 Å². The summed E-state index contributed by atoms with van der Waals surface area (Å²) in [6, 6.07) is 28.1. The number of piperidine rings is 2. The van der Waals surface area contributed by atoms with Gasteiger partial charge in [0.05, 0.1) is 65.8 Å². The van der Waals surface area contributed by atoms with Crippen LogP contribution in [0, 0.1) is 43.4 Å². The monoisotopic (exact) mass is 978 g/mol. The molecule has 9 rings (SSSR count). The Bertz CT molecular complexity index is 2790. The highest BCUT2D eigenvalue weighted by atomic mass is 35.5. The summed E-state index contributed by atoms with van der Waals surface area (Å²) in [5.41, 5.74) is 13.1. The van der Waals surface area contributed by atoms with Crippen LogP contribution in [-0.4, -0.2) is 95.4 Å². The molecule has 1 saturated carbocycles. The molecule has 4 N–H and O–H groups in total. The third-order valence-corrected chi connectivity index (χ3v) is 14.0. The summed E-state index contributed by atoms with van der Waals surface area (Å²) < 4.78 is 10.2. The van der Waals surface area contributed by atoms with Crippen molar-refractivity contribution in [2.24, 2.45) is 0 Å². The fourth-order valence-corrected chi connectivity index (χ4v) is 9.68. The maximum absolute atomic E-state index is 13.7. The average molecular weight is 980 g/mol. The number of rotatable bonds is 13. The summed E-state index contributed by atoms with van der Waals surface area (Å²) in [6.07, 6.45) is 13.0. The molecule has 0 radical (unpaired) electrons. The van der Waals surface area contributed by atoms with E-state index >= 15 is 0 Å². The largest absolute Gasteiger partial charge is 0.478 e. The maximum atomic E-state index is 13.7. The second kappa shape index (κ2) is 26.0. The van der Waals surface area contributed by atoms with E-state index in [1.54, 1.807) is 33.4 Å². The van der Waals surface area contributed by atoms with E-state index in [9.17, 15) is 14.7 Å². The lowest BCUT2D eigenvalue weighted by molar-refractivity contribution is 0.0692. The number of benzene rings is 4. The zero-order valence-electron chi connectivity index (χ0n) is 41.6. The van der Waals surface area contributed by atoms with Crippen LogP contribution in [0.25, 0.3) is 22.5 Å². The number of aromatic amines is 2. The number of nitriles is 2. The molecule has 71 heavy (non-hydrogen) atoms. The predicted octanol–water partition coefficient (Wildman–Crippen LogP) is 10.8. The lowest BCUT2D eigenvalue weighted by atomic mass is 9.76. The smallest absolute Gasteiger partial charge is 0.335 e. The second-order valence-electron chi connectivity index (χ2n) is 18.7. The minimum Gasteiger partial charge on any atom is -0.478 e. The van der Waals surface area contributed by atoms with Gasteiger partial charge in [-0.2, -0.15) is 10.5 Å². The van der Waals surface area contributed by atoms with Crippen LogP contribution in [0.1, 0.15) is 140 Å². The van der Waals surface area contributed by atoms with E-state index in [1.165, 1.54) is 48.8 Å². The first-order valence-electron chi connectivity index (χ1n) is 24.6. The molecule has 372 valence electrons. The van der Waals surface area contributed by atoms with Crippen molar-refractivity contribution >= 4 is 24.3 Å². The van der Waals surface area contributed by atoms with Gasteiger partial charge < -0.3 is 34.8 Å². The Morgan fingerprint density at radius 2 is 1.15 bits per heavy atom. The topological polar surface area (TPSA) is 193 Å². The third kappa shape index (κ3) is 13.8. The molecule has 2 aliphatic heterocycles. The molecule has 2 saturated heterocycles. The molecular formula is C57H67ClN8O5. The number of halogens is 1. The molecule has 2 aromatic heterocycles. The zero-order valence-corrected chi connectivity index (χ0v) is 42.5. The minimum atomic E-state index is -0.914. The molecule has 13 nitrogen and oxygen atoms in total. The maximum Gasteiger partial charge on any atom is 0.335 e. The molecule has 1 aliphatic carbocycles. The van der Waals surface area contributed by atoms with Crippen molar-refractivity contribution in [1.82, 2.24) is 30.2 Å². The zero-order chi connectivity index (χ0) is 49.6. The lowest BCUT2D eigenvalue weighted by Gasteiger charge is -2.33. The third-order valence-electron chi connectivity index (χ3n) is 14.0. The van der Waals surface area contributed by atoms with E-state index in [2.05, 4.69) is 80.7 Å². The van der Waals surface area contributed by atoms with Crippen LogP contribution in [0.15, 0.2) is 85.2 Å². The van der Waals surface area contributed by atoms with Crippen molar-refractivity contribution < 1.29 is 24.2 Å². The van der Waals surface area contributed by atoms with Gasteiger partial charge >= 0.3 is 5.97 Å². The summed E-state index contributed by atoms with van der Waals surface area (Å²) in [5.74, 6) is 2.60. The number of carbonyl (C=O) groups excluding carboxylic acids is 1. The molecule has 6 aromatic rings. The van der Waals surface area contributed by atoms with Gasteiger partial charge in [-0.1, -0.05) is 42.8 Å². The normalized spacial score (nSPS) is 14.9. The number of carboxylic acids is 1. The Labute approximate surface area is 424 Å². The first kappa shape index (κ1) is 53.7. The number of aromatic carboxylic acids is 1. The van der Waals surface area contributed by atoms with Crippen molar-refractivity contribution in [3.63, 3.8) is 0 Å². The van der Waals surface area contributed by atoms with E-state index in [4.69, 9.17) is 20.0 Å². The van der Waals surface area contributed by atoms with Crippen LogP contribution in [0.3, 0.4) is 0 Å². The number of nitrogens with one attached hydrogen (secondary N) is 3. The molecule has 0 bridgehead atoms. The quantitative estimate of drug-likeness (QED) is 0.0865. The first-order valence-corrected chi connectivity index (χ1v) is 24.6. The van der Waals surface area contributed by atoms with Gasteiger partial charge in [0.1, 0.15) is 11.6 Å². The van der Waals surface area contributed by atoms with Gasteiger partial charge in [0.15, 0.2) is 0 Å². The summed E-state index contributed by atoms with van der Waals surface area (Å²) in [6.45, 7) is 10.8. The number of aromatic nitrogens is 4. The van der Waals surface area contributed by atoms with Crippen LogP contribution < -0.4 is 5.32 Å². The van der Waals surface area contributed by atoms with Gasteiger partial charge in [-0.3, -0.25) is 4.79 Å². The summed E-state index contributed by atoms with van der Waals surface area (Å²) in [5, 5.41) is 30.3. The van der Waals surface area contributed by atoms with Crippen molar-refractivity contribution in [3.8, 4) is 34.7 Å². The van der Waals surface area contributed by atoms with Gasteiger partial charge in [-0.15, -0.1) is 12.4 Å². The van der Waals surface area contributed by atoms with Crippen molar-refractivity contribution in [2.75, 3.05) is 53.6 Å². The predicted molar refractivity (Wildman–Crippen MR) is 279 cm³/mol. The summed E-state index contributed by atoms with van der Waals surface area (Å²) in [4.78, 5) is 42.4. The number of imidazole rings is 2. The van der Waals surface area contributed by atoms with Crippen molar-refractivity contribution in [1.29, 1.82) is 10.5 Å². The number of hydrogen-bond acceptors (Lipinski definition) is 9. The van der Waals surface area contributed by atoms with Crippen LogP contribution in [0.5, 0.6) is 0 Å². The molecule has 3 fully saturated rings. The average Bonchev–Trinajstić information content (AvgIpc) is 4.05. The number of amides is 1. The Balaban J connectivity index is 0.000000197. The first-order chi connectivity index (χ1) is 34.0. The van der Waals surface area contributed by atoms with Gasteiger partial charge in [0.25, 0.3) is 5.91 Å². The molecular weight excluding hydrogens is 912 g/mol. The standard InChI is InChI=1S/C30H34N4O2.C15H18N2O3.C12H14N2.ClH/c1-20-16-26(24-4-3-5-24)27(28-19-32-29(33-28)12-15-36-2)17-25(20)30(35)34-13-10-23(11-14-34)22-8-6-21(18-31)7-9-22;1-9-6-10(2)12(15(18)19)7-11(9)13-8-16-14(17-13)4-5-20-3;13-9-10-1-3-11(4-2-10)12-5-7-14-8-6-12;/h6-9,16-17,19,23-24H,3-5,10-15H2,1-2H3,(H,32,33);6-8H,4-5H2,1-3H3,(H,16,17)(H,18,19);1-4,12,14H,5-8H2;1H. The van der Waals surface area contributed by atoms with Crippen LogP contribution in [0.4, 0.5) is 0 Å². The van der Waals surface area contributed by atoms with E-state index in [1.807, 2.05) is 48.4 Å². The number of methoxy groups -OCH3 is 2. The number of nitrogens with zero attached hydrogens (tertiary/aromatic N) is 5. The molecule has 4 heterocycles. The van der Waals surface area contributed by atoms with Crippen molar-refractivity contribution in [3.05, 3.63) is 152 Å². The SMILES string of the molecule is COCCc1ncc(-c2cc(C(=O)N3CCC(c4ccc(C#N)cc4)CC3)c(C)cc2C2CCC2)[nH]1.COCCc1ncc(-c2cc(C(=O)O)c(C)cc2C)[nH]1.Cl.N#Cc1ccc(C2CCNCC2)cc1. The highest BCUT2D eigenvalue weighted by Gasteiger charge is 2.29. The molecule has 0 atom stereocenters. The number of H-pyrrole nitrogens is 2. The lowest BCUT2D eigenvalue weighted by Crippen LogP contribution is -2.38. The molecule has 4 aromatic carbocycles. The van der Waals surface area contributed by atoms with Gasteiger partial charge in [0.2, 0.25) is 0 Å². The number of ether oxygens (including phenoxy) is 2. The molecule has 0 spiro atoms.